The summed E-state index contributed by atoms with van der Waals surface area (Å²) in [5.41, 5.74) is 1.18. The van der Waals surface area contributed by atoms with Crippen molar-refractivity contribution in [2.75, 3.05) is 0 Å². The number of carbonyl (C=O) groups excluding carboxylic acids is 1. The van der Waals surface area contributed by atoms with Crippen molar-refractivity contribution in [2.45, 2.75) is 19.4 Å². The number of rotatable bonds is 4. The predicted octanol–water partition coefficient (Wildman–Crippen LogP) is 2.48. The van der Waals surface area contributed by atoms with E-state index in [2.05, 4.69) is 4.98 Å². The van der Waals surface area contributed by atoms with Crippen LogP contribution in [0.2, 0.25) is 5.02 Å². The van der Waals surface area contributed by atoms with Crippen molar-refractivity contribution in [3.63, 3.8) is 0 Å². The fourth-order valence-corrected chi connectivity index (χ4v) is 3.52. The van der Waals surface area contributed by atoms with E-state index in [1.165, 1.54) is 17.7 Å². The van der Waals surface area contributed by atoms with Crippen LogP contribution in [0.3, 0.4) is 0 Å². The van der Waals surface area contributed by atoms with Crippen molar-refractivity contribution in [2.24, 2.45) is 0 Å². The number of carboxylic acid groups (broad SMARTS) is 1. The number of carbonyl (C=O) groups is 1. The molecule has 2 heterocycles. The number of benzene rings is 1. The summed E-state index contributed by atoms with van der Waals surface area (Å²) in [6, 6.07) is 6.08. The van der Waals surface area contributed by atoms with Crippen LogP contribution < -0.4 is 10.7 Å². The molecule has 7 heteroatoms. The Labute approximate surface area is 140 Å². The molecule has 0 bridgehead atoms. The summed E-state index contributed by atoms with van der Waals surface area (Å²) >= 11 is 7.24. The molecule has 0 fully saturated rings. The second-order valence-electron chi connectivity index (χ2n) is 5.04. The van der Waals surface area contributed by atoms with Crippen LogP contribution in [-0.2, 0) is 4.79 Å². The Kier molecular flexibility index (Phi) is 4.19. The molecule has 2 aromatic heterocycles. The molecule has 0 saturated carbocycles. The molecule has 0 spiro atoms. The highest BCUT2D eigenvalue weighted by Gasteiger charge is 2.17. The van der Waals surface area contributed by atoms with Crippen molar-refractivity contribution in [1.82, 2.24) is 9.55 Å². The number of halogens is 1. The Balaban J connectivity index is 2.24. The van der Waals surface area contributed by atoms with Crippen LogP contribution in [0.15, 0.2) is 40.8 Å². The molecule has 0 aliphatic rings. The van der Waals surface area contributed by atoms with E-state index in [-0.39, 0.29) is 12.0 Å². The maximum Gasteiger partial charge on any atom is 0.263 e. The van der Waals surface area contributed by atoms with E-state index in [4.69, 9.17) is 11.6 Å². The van der Waals surface area contributed by atoms with Gasteiger partial charge in [0.15, 0.2) is 0 Å². The summed E-state index contributed by atoms with van der Waals surface area (Å²) in [7, 11) is 0. The lowest BCUT2D eigenvalue weighted by atomic mass is 10.1. The van der Waals surface area contributed by atoms with Crippen molar-refractivity contribution in [3.8, 4) is 11.1 Å². The summed E-state index contributed by atoms with van der Waals surface area (Å²) in [6.07, 6.45) is 1.52. The molecule has 0 amide bonds. The number of thiophene rings is 1. The summed E-state index contributed by atoms with van der Waals surface area (Å²) in [6.45, 7) is 1.69. The third-order valence-electron chi connectivity index (χ3n) is 3.67. The van der Waals surface area contributed by atoms with Crippen LogP contribution >= 0.6 is 22.9 Å². The maximum atomic E-state index is 12.8. The van der Waals surface area contributed by atoms with Gasteiger partial charge in [0.2, 0.25) is 0 Å². The van der Waals surface area contributed by atoms with E-state index in [0.717, 1.165) is 15.7 Å². The molecule has 0 aliphatic heterocycles. The Hall–Kier alpha value is -2.18. The first kappa shape index (κ1) is 15.7. The van der Waals surface area contributed by atoms with Gasteiger partial charge >= 0.3 is 0 Å². The number of aliphatic carboxylic acids is 1. The predicted molar refractivity (Wildman–Crippen MR) is 88.7 cm³/mol. The molecule has 1 aromatic carbocycles. The molecule has 0 N–H and O–H groups in total. The van der Waals surface area contributed by atoms with Crippen molar-refractivity contribution >= 4 is 39.1 Å². The second-order valence-corrected chi connectivity index (χ2v) is 6.33. The SMILES string of the molecule is CCC(C(=O)[O-])n1cnc2scc(-c3ccc(Cl)cc3)c2c1=O. The lowest BCUT2D eigenvalue weighted by molar-refractivity contribution is -0.310. The van der Waals surface area contributed by atoms with E-state index in [0.29, 0.717) is 15.2 Å². The fourth-order valence-electron chi connectivity index (χ4n) is 2.49. The smallest absolute Gasteiger partial charge is 0.263 e. The highest BCUT2D eigenvalue weighted by atomic mass is 35.5. The van der Waals surface area contributed by atoms with Crippen molar-refractivity contribution < 1.29 is 9.90 Å². The van der Waals surface area contributed by atoms with Gasteiger partial charge < -0.3 is 9.90 Å². The molecule has 118 valence electrons. The quantitative estimate of drug-likeness (QED) is 0.726. The third-order valence-corrected chi connectivity index (χ3v) is 4.81. The number of aromatic nitrogens is 2. The summed E-state index contributed by atoms with van der Waals surface area (Å²) in [4.78, 5) is 28.8. The number of carboxylic acids is 1. The molecule has 0 aliphatic carbocycles. The number of fused-ring (bicyclic) bond motifs is 1. The Bertz CT molecular complexity index is 931. The van der Waals surface area contributed by atoms with Crippen LogP contribution in [0.5, 0.6) is 0 Å². The molecule has 3 rings (SSSR count). The van der Waals surface area contributed by atoms with Gasteiger partial charge in [-0.05, 0) is 24.1 Å². The van der Waals surface area contributed by atoms with Crippen LogP contribution in [0.25, 0.3) is 21.3 Å². The minimum absolute atomic E-state index is 0.246. The molecular formula is C16H12ClN2O3S-. The molecule has 3 aromatic rings. The first-order valence-electron chi connectivity index (χ1n) is 6.98. The van der Waals surface area contributed by atoms with Gasteiger partial charge in [-0.3, -0.25) is 9.36 Å². The zero-order chi connectivity index (χ0) is 16.6. The highest BCUT2D eigenvalue weighted by Crippen LogP contribution is 2.31. The minimum atomic E-state index is -1.29. The molecule has 5 nitrogen and oxygen atoms in total. The highest BCUT2D eigenvalue weighted by molar-refractivity contribution is 7.17. The zero-order valence-corrected chi connectivity index (χ0v) is 13.7. The molecule has 1 atom stereocenters. The summed E-state index contributed by atoms with van der Waals surface area (Å²) < 4.78 is 1.13. The van der Waals surface area contributed by atoms with Gasteiger partial charge in [-0.15, -0.1) is 11.3 Å². The van der Waals surface area contributed by atoms with Gasteiger partial charge in [0.25, 0.3) is 5.56 Å². The summed E-state index contributed by atoms with van der Waals surface area (Å²) in [5, 5.41) is 14.1. The monoisotopic (exact) mass is 347 g/mol. The maximum absolute atomic E-state index is 12.8. The Morgan fingerprint density at radius 3 is 2.70 bits per heavy atom. The first-order chi connectivity index (χ1) is 11.0. The first-order valence-corrected chi connectivity index (χ1v) is 8.23. The van der Waals surface area contributed by atoms with Gasteiger partial charge in [-0.1, -0.05) is 30.7 Å². The van der Waals surface area contributed by atoms with E-state index in [1.54, 1.807) is 19.1 Å². The minimum Gasteiger partial charge on any atom is -0.548 e. The van der Waals surface area contributed by atoms with Gasteiger partial charge in [-0.2, -0.15) is 0 Å². The molecule has 1 unspecified atom stereocenters. The third kappa shape index (κ3) is 2.75. The van der Waals surface area contributed by atoms with E-state index in [1.807, 2.05) is 17.5 Å². The molecular weight excluding hydrogens is 336 g/mol. The average Bonchev–Trinajstić information content (AvgIpc) is 2.95. The Morgan fingerprint density at radius 1 is 1.39 bits per heavy atom. The van der Waals surface area contributed by atoms with Crippen molar-refractivity contribution in [1.29, 1.82) is 0 Å². The molecule has 0 saturated heterocycles. The van der Waals surface area contributed by atoms with E-state index >= 15 is 0 Å². The van der Waals surface area contributed by atoms with Crippen LogP contribution in [-0.4, -0.2) is 15.5 Å². The van der Waals surface area contributed by atoms with Crippen molar-refractivity contribution in [3.05, 3.63) is 51.3 Å². The average molecular weight is 348 g/mol. The molecule has 0 radical (unpaired) electrons. The van der Waals surface area contributed by atoms with Crippen LogP contribution in [0, 0.1) is 0 Å². The topological polar surface area (TPSA) is 75.0 Å². The van der Waals surface area contributed by atoms with Crippen LogP contribution in [0.1, 0.15) is 19.4 Å². The second kappa shape index (κ2) is 6.14. The number of hydrogen-bond acceptors (Lipinski definition) is 5. The lowest BCUT2D eigenvalue weighted by Gasteiger charge is -2.18. The fraction of sp³-hybridized carbons (Fsp3) is 0.188. The van der Waals surface area contributed by atoms with E-state index < -0.39 is 12.0 Å². The largest absolute Gasteiger partial charge is 0.548 e. The van der Waals surface area contributed by atoms with Gasteiger partial charge in [0.1, 0.15) is 4.83 Å². The summed E-state index contributed by atoms with van der Waals surface area (Å²) in [5.74, 6) is -1.29. The zero-order valence-electron chi connectivity index (χ0n) is 12.2. The van der Waals surface area contributed by atoms with Gasteiger partial charge in [-0.25, -0.2) is 4.98 Å². The van der Waals surface area contributed by atoms with Gasteiger partial charge in [0, 0.05) is 16.0 Å². The standard InChI is InChI=1S/C16H13ClN2O3S/c1-2-12(16(21)22)19-8-18-14-13(15(19)20)11(7-23-14)9-3-5-10(17)6-4-9/h3-8,12H,2H2,1H3,(H,21,22)/p-1. The molecule has 23 heavy (non-hydrogen) atoms. The normalized spacial score (nSPS) is 12.4. The van der Waals surface area contributed by atoms with E-state index in [9.17, 15) is 14.7 Å². The lowest BCUT2D eigenvalue weighted by Crippen LogP contribution is -2.37. The van der Waals surface area contributed by atoms with Crippen LogP contribution in [0.4, 0.5) is 0 Å². The number of nitrogens with zero attached hydrogens (tertiary/aromatic N) is 2. The van der Waals surface area contributed by atoms with Gasteiger partial charge in [0.05, 0.1) is 23.7 Å². The number of hydrogen-bond donors (Lipinski definition) is 0. The Morgan fingerprint density at radius 2 is 2.09 bits per heavy atom.